The molecule has 0 aliphatic heterocycles. The molecule has 0 bridgehead atoms. The van der Waals surface area contributed by atoms with E-state index in [2.05, 4.69) is 26.1 Å². The molecule has 0 aliphatic rings. The average Bonchev–Trinajstić information content (AvgIpc) is 2.02. The molecule has 3 heteroatoms. The summed E-state index contributed by atoms with van der Waals surface area (Å²) in [7, 11) is 0. The highest BCUT2D eigenvalue weighted by atomic mass is 16.4. The number of hydrogen-bond donors (Lipinski definition) is 2. The number of nitrogens with one attached hydrogen (secondary N) is 1. The summed E-state index contributed by atoms with van der Waals surface area (Å²) < 4.78 is 0. The minimum absolute atomic E-state index is 0.00919. The summed E-state index contributed by atoms with van der Waals surface area (Å²) >= 11 is 0. The van der Waals surface area contributed by atoms with Gasteiger partial charge in [0.25, 0.3) is 0 Å². The van der Waals surface area contributed by atoms with Gasteiger partial charge in [0.2, 0.25) is 0 Å². The van der Waals surface area contributed by atoms with Crippen LogP contribution in [0.4, 0.5) is 5.69 Å². The summed E-state index contributed by atoms with van der Waals surface area (Å²) in [6, 6.07) is 6.73. The van der Waals surface area contributed by atoms with Gasteiger partial charge in [0.15, 0.2) is 0 Å². The Balaban J connectivity index is 2.79. The fraction of sp³-hybridized carbons (Fsp3) is 0.364. The Morgan fingerprint density at radius 1 is 1.21 bits per heavy atom. The highest BCUT2D eigenvalue weighted by molar-refractivity contribution is 5.88. The molecule has 0 saturated carbocycles. The molecule has 2 N–H and O–H groups in total. The van der Waals surface area contributed by atoms with Crippen LogP contribution in [0, 0.1) is 0 Å². The van der Waals surface area contributed by atoms with Crippen LogP contribution in [0.3, 0.4) is 0 Å². The van der Waals surface area contributed by atoms with Crippen molar-refractivity contribution >= 4 is 11.7 Å². The van der Waals surface area contributed by atoms with E-state index in [0.29, 0.717) is 5.56 Å². The third-order valence-corrected chi connectivity index (χ3v) is 1.65. The van der Waals surface area contributed by atoms with E-state index in [1.54, 1.807) is 24.3 Å². The normalized spacial score (nSPS) is 11.1. The molecule has 0 saturated heterocycles. The van der Waals surface area contributed by atoms with Crippen LogP contribution in [0.2, 0.25) is 0 Å². The molecular weight excluding hydrogens is 178 g/mol. The van der Waals surface area contributed by atoms with Crippen LogP contribution in [-0.2, 0) is 0 Å². The average molecular weight is 193 g/mol. The van der Waals surface area contributed by atoms with Gasteiger partial charge in [-0.2, -0.15) is 0 Å². The minimum atomic E-state index is -0.896. The summed E-state index contributed by atoms with van der Waals surface area (Å²) in [4.78, 5) is 10.6. The molecule has 1 aromatic rings. The van der Waals surface area contributed by atoms with E-state index >= 15 is 0 Å². The highest BCUT2D eigenvalue weighted by Gasteiger charge is 2.09. The molecule has 0 unspecified atom stereocenters. The molecule has 1 rings (SSSR count). The molecule has 0 atom stereocenters. The Bertz CT molecular complexity index is 322. The van der Waals surface area contributed by atoms with Gasteiger partial charge < -0.3 is 10.4 Å². The summed E-state index contributed by atoms with van der Waals surface area (Å²) in [6.07, 6.45) is 0. The highest BCUT2D eigenvalue weighted by Crippen LogP contribution is 2.15. The van der Waals surface area contributed by atoms with Crippen molar-refractivity contribution in [2.24, 2.45) is 0 Å². The lowest BCUT2D eigenvalue weighted by Crippen LogP contribution is -2.25. The number of carbonyl (C=O) groups is 1. The molecule has 0 aliphatic carbocycles. The zero-order chi connectivity index (χ0) is 10.8. The molecule has 3 nitrogen and oxygen atoms in total. The van der Waals surface area contributed by atoms with Gasteiger partial charge in [0.1, 0.15) is 0 Å². The first kappa shape index (κ1) is 10.6. The van der Waals surface area contributed by atoms with Crippen molar-refractivity contribution in [3.63, 3.8) is 0 Å². The van der Waals surface area contributed by atoms with Crippen LogP contribution in [0.25, 0.3) is 0 Å². The molecule has 0 radical (unpaired) electrons. The third kappa shape index (κ3) is 3.09. The van der Waals surface area contributed by atoms with Crippen LogP contribution in [-0.4, -0.2) is 16.6 Å². The summed E-state index contributed by atoms with van der Waals surface area (Å²) in [5.41, 5.74) is 1.23. The second kappa shape index (κ2) is 3.70. The van der Waals surface area contributed by atoms with Gasteiger partial charge in [-0.05, 0) is 45.0 Å². The number of carboxylic acids is 1. The van der Waals surface area contributed by atoms with Crippen LogP contribution in [0.1, 0.15) is 31.1 Å². The van der Waals surface area contributed by atoms with Gasteiger partial charge in [-0.1, -0.05) is 0 Å². The Morgan fingerprint density at radius 2 is 1.71 bits per heavy atom. The quantitative estimate of drug-likeness (QED) is 0.759. The first-order valence-corrected chi connectivity index (χ1v) is 4.50. The zero-order valence-corrected chi connectivity index (χ0v) is 8.66. The molecule has 0 heterocycles. The van der Waals surface area contributed by atoms with Gasteiger partial charge in [0, 0.05) is 11.2 Å². The van der Waals surface area contributed by atoms with Crippen molar-refractivity contribution in [1.82, 2.24) is 0 Å². The Morgan fingerprint density at radius 3 is 2.07 bits per heavy atom. The maximum absolute atomic E-state index is 10.6. The monoisotopic (exact) mass is 193 g/mol. The van der Waals surface area contributed by atoms with E-state index in [9.17, 15) is 4.79 Å². The maximum atomic E-state index is 10.6. The third-order valence-electron chi connectivity index (χ3n) is 1.65. The molecule has 0 amide bonds. The second-order valence-electron chi connectivity index (χ2n) is 4.26. The standard InChI is InChI=1S/C11H15NO2/c1-11(2,3)12-9-6-4-8(5-7-9)10(13)14/h4-7,12H,1-3H3,(H,13,14). The Hall–Kier alpha value is -1.51. The maximum Gasteiger partial charge on any atom is 0.335 e. The fourth-order valence-electron chi connectivity index (χ4n) is 1.13. The van der Waals surface area contributed by atoms with Gasteiger partial charge in [-0.15, -0.1) is 0 Å². The van der Waals surface area contributed by atoms with Crippen LogP contribution in [0.5, 0.6) is 0 Å². The lowest BCUT2D eigenvalue weighted by atomic mass is 10.1. The molecule has 0 aromatic heterocycles. The molecule has 14 heavy (non-hydrogen) atoms. The molecular formula is C11H15NO2. The topological polar surface area (TPSA) is 49.3 Å². The van der Waals surface area contributed by atoms with Crippen molar-refractivity contribution in [2.75, 3.05) is 5.32 Å². The van der Waals surface area contributed by atoms with Crippen LogP contribution in [0.15, 0.2) is 24.3 Å². The van der Waals surface area contributed by atoms with E-state index in [-0.39, 0.29) is 5.54 Å². The first-order valence-electron chi connectivity index (χ1n) is 4.50. The van der Waals surface area contributed by atoms with E-state index in [0.717, 1.165) is 5.69 Å². The lowest BCUT2D eigenvalue weighted by molar-refractivity contribution is 0.0697. The smallest absolute Gasteiger partial charge is 0.335 e. The SMILES string of the molecule is CC(C)(C)Nc1ccc(C(=O)O)cc1. The van der Waals surface area contributed by atoms with Gasteiger partial charge >= 0.3 is 5.97 Å². The number of aromatic carboxylic acids is 1. The zero-order valence-electron chi connectivity index (χ0n) is 8.66. The number of rotatable bonds is 2. The first-order chi connectivity index (χ1) is 6.38. The molecule has 0 fully saturated rings. The van der Waals surface area contributed by atoms with Crippen molar-refractivity contribution in [3.05, 3.63) is 29.8 Å². The van der Waals surface area contributed by atoms with Crippen molar-refractivity contribution in [3.8, 4) is 0 Å². The Kier molecular flexibility index (Phi) is 2.79. The van der Waals surface area contributed by atoms with Crippen molar-refractivity contribution in [2.45, 2.75) is 26.3 Å². The predicted molar refractivity (Wildman–Crippen MR) is 56.8 cm³/mol. The molecule has 1 aromatic carbocycles. The summed E-state index contributed by atoms with van der Waals surface area (Å²) in [5.74, 6) is -0.896. The van der Waals surface area contributed by atoms with Gasteiger partial charge in [-0.3, -0.25) is 0 Å². The summed E-state index contributed by atoms with van der Waals surface area (Å²) in [5, 5.41) is 11.9. The van der Waals surface area contributed by atoms with Crippen LogP contribution < -0.4 is 5.32 Å². The number of benzene rings is 1. The van der Waals surface area contributed by atoms with Crippen molar-refractivity contribution in [1.29, 1.82) is 0 Å². The van der Waals surface area contributed by atoms with E-state index < -0.39 is 5.97 Å². The minimum Gasteiger partial charge on any atom is -0.478 e. The van der Waals surface area contributed by atoms with E-state index in [1.807, 2.05) is 0 Å². The van der Waals surface area contributed by atoms with Crippen molar-refractivity contribution < 1.29 is 9.90 Å². The number of carboxylic acid groups (broad SMARTS) is 1. The van der Waals surface area contributed by atoms with Crippen LogP contribution >= 0.6 is 0 Å². The molecule has 0 spiro atoms. The number of hydrogen-bond acceptors (Lipinski definition) is 2. The van der Waals surface area contributed by atoms with E-state index in [1.165, 1.54) is 0 Å². The largest absolute Gasteiger partial charge is 0.478 e. The van der Waals surface area contributed by atoms with Gasteiger partial charge in [-0.25, -0.2) is 4.79 Å². The number of anilines is 1. The lowest BCUT2D eigenvalue weighted by Gasteiger charge is -2.22. The van der Waals surface area contributed by atoms with E-state index in [4.69, 9.17) is 5.11 Å². The summed E-state index contributed by atoms with van der Waals surface area (Å²) in [6.45, 7) is 6.16. The Labute approximate surface area is 83.8 Å². The van der Waals surface area contributed by atoms with Gasteiger partial charge in [0.05, 0.1) is 5.56 Å². The second-order valence-corrected chi connectivity index (χ2v) is 4.26. The predicted octanol–water partition coefficient (Wildman–Crippen LogP) is 2.60. The molecule has 76 valence electrons. The fourth-order valence-corrected chi connectivity index (χ4v) is 1.13.